The predicted molar refractivity (Wildman–Crippen MR) is 86.5 cm³/mol. The van der Waals surface area contributed by atoms with Crippen LogP contribution in [0.5, 0.6) is 0 Å². The molecule has 0 saturated carbocycles. The van der Waals surface area contributed by atoms with Crippen molar-refractivity contribution in [3.63, 3.8) is 0 Å². The SMILES string of the molecule is O=C(CNC(=O)c1cccc(Br)c1)Nc1ccc(C(F)(F)F)cc1. The summed E-state index contributed by atoms with van der Waals surface area (Å²) >= 11 is 3.24. The highest BCUT2D eigenvalue weighted by Gasteiger charge is 2.29. The molecule has 8 heteroatoms. The van der Waals surface area contributed by atoms with Crippen LogP contribution in [0.4, 0.5) is 18.9 Å². The molecule has 0 aliphatic rings. The number of halogens is 4. The van der Waals surface area contributed by atoms with Crippen molar-refractivity contribution in [3.05, 3.63) is 64.1 Å². The van der Waals surface area contributed by atoms with E-state index in [1.165, 1.54) is 0 Å². The number of hydrogen-bond acceptors (Lipinski definition) is 2. The number of amides is 2. The summed E-state index contributed by atoms with van der Waals surface area (Å²) in [5.74, 6) is -0.975. The molecule has 0 aliphatic carbocycles. The minimum absolute atomic E-state index is 0.213. The summed E-state index contributed by atoms with van der Waals surface area (Å²) < 4.78 is 38.1. The summed E-state index contributed by atoms with van der Waals surface area (Å²) in [6.07, 6.45) is -4.43. The van der Waals surface area contributed by atoms with E-state index >= 15 is 0 Å². The molecule has 2 N–H and O–H groups in total. The van der Waals surface area contributed by atoms with Gasteiger partial charge in [0.2, 0.25) is 5.91 Å². The third-order valence-electron chi connectivity index (χ3n) is 2.99. The fourth-order valence-electron chi connectivity index (χ4n) is 1.84. The Labute approximate surface area is 144 Å². The molecule has 2 rings (SSSR count). The highest BCUT2D eigenvalue weighted by Crippen LogP contribution is 2.29. The second-order valence-electron chi connectivity index (χ2n) is 4.82. The Morgan fingerprint density at radius 1 is 1.04 bits per heavy atom. The van der Waals surface area contributed by atoms with Crippen molar-refractivity contribution < 1.29 is 22.8 Å². The van der Waals surface area contributed by atoms with Gasteiger partial charge in [-0.2, -0.15) is 13.2 Å². The number of benzene rings is 2. The normalized spacial score (nSPS) is 11.0. The van der Waals surface area contributed by atoms with E-state index in [-0.39, 0.29) is 12.2 Å². The van der Waals surface area contributed by atoms with Gasteiger partial charge in [-0.15, -0.1) is 0 Å². The van der Waals surface area contributed by atoms with Gasteiger partial charge in [-0.05, 0) is 42.5 Å². The molecule has 0 saturated heterocycles. The van der Waals surface area contributed by atoms with Gasteiger partial charge in [-0.1, -0.05) is 22.0 Å². The molecule has 2 aromatic rings. The van der Waals surface area contributed by atoms with Crippen LogP contribution in [0.3, 0.4) is 0 Å². The van der Waals surface area contributed by atoms with E-state index in [1.54, 1.807) is 24.3 Å². The third kappa shape index (κ3) is 5.09. The predicted octanol–water partition coefficient (Wildman–Crippen LogP) is 3.84. The van der Waals surface area contributed by atoms with Crippen LogP contribution in [-0.4, -0.2) is 18.4 Å². The zero-order chi connectivity index (χ0) is 17.7. The van der Waals surface area contributed by atoms with Gasteiger partial charge in [0.1, 0.15) is 0 Å². The van der Waals surface area contributed by atoms with Crippen molar-refractivity contribution in [1.82, 2.24) is 5.32 Å². The van der Waals surface area contributed by atoms with Gasteiger partial charge in [0.15, 0.2) is 0 Å². The summed E-state index contributed by atoms with van der Waals surface area (Å²) in [4.78, 5) is 23.6. The van der Waals surface area contributed by atoms with Crippen LogP contribution >= 0.6 is 15.9 Å². The van der Waals surface area contributed by atoms with Crippen LogP contribution in [0, 0.1) is 0 Å². The van der Waals surface area contributed by atoms with Crippen LogP contribution in [0.25, 0.3) is 0 Å². The highest BCUT2D eigenvalue weighted by molar-refractivity contribution is 9.10. The summed E-state index contributed by atoms with van der Waals surface area (Å²) in [7, 11) is 0. The molecule has 0 fully saturated rings. The maximum Gasteiger partial charge on any atom is 0.416 e. The van der Waals surface area contributed by atoms with Crippen LogP contribution in [0.1, 0.15) is 15.9 Å². The van der Waals surface area contributed by atoms with Gasteiger partial charge in [0, 0.05) is 15.7 Å². The highest BCUT2D eigenvalue weighted by atomic mass is 79.9. The Balaban J connectivity index is 1.88. The first-order valence-corrected chi connectivity index (χ1v) is 7.56. The Hall–Kier alpha value is -2.35. The number of carbonyl (C=O) groups excluding carboxylic acids is 2. The summed E-state index contributed by atoms with van der Waals surface area (Å²) in [6, 6.07) is 10.7. The monoisotopic (exact) mass is 400 g/mol. The Kier molecular flexibility index (Phi) is 5.61. The van der Waals surface area contributed by atoms with Gasteiger partial charge in [0.05, 0.1) is 12.1 Å². The Morgan fingerprint density at radius 3 is 2.29 bits per heavy atom. The van der Waals surface area contributed by atoms with Crippen molar-refractivity contribution in [3.8, 4) is 0 Å². The van der Waals surface area contributed by atoms with Crippen LogP contribution in [0.2, 0.25) is 0 Å². The number of hydrogen-bond donors (Lipinski definition) is 2. The molecule has 0 aromatic heterocycles. The molecule has 0 heterocycles. The molecular formula is C16H12BrF3N2O2. The minimum atomic E-state index is -4.43. The van der Waals surface area contributed by atoms with Crippen molar-refractivity contribution in [2.45, 2.75) is 6.18 Å². The van der Waals surface area contributed by atoms with E-state index < -0.39 is 23.6 Å². The van der Waals surface area contributed by atoms with Crippen LogP contribution in [-0.2, 0) is 11.0 Å². The van der Waals surface area contributed by atoms with Gasteiger partial charge < -0.3 is 10.6 Å². The Bertz CT molecular complexity index is 746. The number of nitrogens with one attached hydrogen (secondary N) is 2. The van der Waals surface area contributed by atoms with Crippen molar-refractivity contribution in [2.75, 3.05) is 11.9 Å². The van der Waals surface area contributed by atoms with E-state index in [1.807, 2.05) is 0 Å². The molecule has 0 radical (unpaired) electrons. The molecule has 24 heavy (non-hydrogen) atoms. The lowest BCUT2D eigenvalue weighted by Gasteiger charge is -2.09. The summed E-state index contributed by atoms with van der Waals surface area (Å²) in [5, 5.41) is 4.84. The molecule has 126 valence electrons. The van der Waals surface area contributed by atoms with E-state index in [9.17, 15) is 22.8 Å². The maximum atomic E-state index is 12.4. The van der Waals surface area contributed by atoms with Gasteiger partial charge in [-0.25, -0.2) is 0 Å². The molecule has 2 amide bonds. The zero-order valence-corrected chi connectivity index (χ0v) is 13.7. The first-order chi connectivity index (χ1) is 11.3. The van der Waals surface area contributed by atoms with E-state index in [2.05, 4.69) is 26.6 Å². The quantitative estimate of drug-likeness (QED) is 0.818. The lowest BCUT2D eigenvalue weighted by molar-refractivity contribution is -0.137. The standard InChI is InChI=1S/C16H12BrF3N2O2/c17-12-3-1-2-10(8-12)15(24)21-9-14(23)22-13-6-4-11(5-7-13)16(18,19)20/h1-8H,9H2,(H,21,24)(H,22,23). The number of carbonyl (C=O) groups is 2. The van der Waals surface area contributed by atoms with Crippen LogP contribution < -0.4 is 10.6 Å². The third-order valence-corrected chi connectivity index (χ3v) is 3.49. The molecule has 0 bridgehead atoms. The van der Waals surface area contributed by atoms with Gasteiger partial charge >= 0.3 is 6.18 Å². The first-order valence-electron chi connectivity index (χ1n) is 6.76. The fourth-order valence-corrected chi connectivity index (χ4v) is 2.24. The number of anilines is 1. The second kappa shape index (κ2) is 7.48. The molecule has 0 spiro atoms. The van der Waals surface area contributed by atoms with Crippen molar-refractivity contribution >= 4 is 33.4 Å². The van der Waals surface area contributed by atoms with E-state index in [0.717, 1.165) is 28.7 Å². The van der Waals surface area contributed by atoms with Gasteiger partial charge in [-0.3, -0.25) is 9.59 Å². The summed E-state index contributed by atoms with van der Waals surface area (Å²) in [6.45, 7) is -0.299. The van der Waals surface area contributed by atoms with Crippen molar-refractivity contribution in [1.29, 1.82) is 0 Å². The topological polar surface area (TPSA) is 58.2 Å². The number of alkyl halides is 3. The van der Waals surface area contributed by atoms with Crippen molar-refractivity contribution in [2.24, 2.45) is 0 Å². The lowest BCUT2D eigenvalue weighted by Crippen LogP contribution is -2.32. The minimum Gasteiger partial charge on any atom is -0.343 e. The average Bonchev–Trinajstić information content (AvgIpc) is 2.52. The fraction of sp³-hybridized carbons (Fsp3) is 0.125. The molecule has 0 aliphatic heterocycles. The molecule has 0 atom stereocenters. The largest absolute Gasteiger partial charge is 0.416 e. The maximum absolute atomic E-state index is 12.4. The number of rotatable bonds is 4. The second-order valence-corrected chi connectivity index (χ2v) is 5.73. The smallest absolute Gasteiger partial charge is 0.343 e. The van der Waals surface area contributed by atoms with E-state index in [4.69, 9.17) is 0 Å². The summed E-state index contributed by atoms with van der Waals surface area (Å²) in [5.41, 5.74) is -0.208. The van der Waals surface area contributed by atoms with Crippen LogP contribution in [0.15, 0.2) is 53.0 Å². The molecule has 4 nitrogen and oxygen atoms in total. The molecular weight excluding hydrogens is 389 g/mol. The Morgan fingerprint density at radius 2 is 1.71 bits per heavy atom. The van der Waals surface area contributed by atoms with Gasteiger partial charge in [0.25, 0.3) is 5.91 Å². The first kappa shape index (κ1) is 18.0. The average molecular weight is 401 g/mol. The zero-order valence-electron chi connectivity index (χ0n) is 12.2. The lowest BCUT2D eigenvalue weighted by atomic mass is 10.2. The molecule has 2 aromatic carbocycles. The van der Waals surface area contributed by atoms with E-state index in [0.29, 0.717) is 5.56 Å². The molecule has 0 unspecified atom stereocenters.